The molecule has 1 heterocycles. The summed E-state index contributed by atoms with van der Waals surface area (Å²) in [6.45, 7) is 0. The van der Waals surface area contributed by atoms with Crippen molar-refractivity contribution >= 4 is 21.9 Å². The highest BCUT2D eigenvalue weighted by Gasteiger charge is 2.44. The first-order valence-electron chi connectivity index (χ1n) is 5.98. The molecule has 0 saturated carbocycles. The van der Waals surface area contributed by atoms with Crippen molar-refractivity contribution in [1.82, 2.24) is 4.47 Å². The standard InChI is InChI=1S/C14H9NO5S/c16-13-11-8-4-5-9-12(11)21(18,19)15(13)20-14(17)10-6-2-1-3-7-10/h1-9H. The molecule has 2 aromatic rings. The maximum absolute atomic E-state index is 12.2. The highest BCUT2D eigenvalue weighted by atomic mass is 32.2. The number of hydroxylamine groups is 1. The fourth-order valence-corrected chi connectivity index (χ4v) is 3.30. The molecule has 0 aromatic heterocycles. The molecule has 7 heteroatoms. The summed E-state index contributed by atoms with van der Waals surface area (Å²) < 4.78 is 24.5. The molecule has 0 fully saturated rings. The number of sulfonamides is 1. The second-order valence-corrected chi connectivity index (χ2v) is 6.00. The summed E-state index contributed by atoms with van der Waals surface area (Å²) in [4.78, 5) is 28.5. The van der Waals surface area contributed by atoms with Crippen LogP contribution in [0.5, 0.6) is 0 Å². The van der Waals surface area contributed by atoms with Crippen molar-refractivity contribution in [3.63, 3.8) is 0 Å². The third-order valence-corrected chi connectivity index (χ3v) is 4.54. The minimum Gasteiger partial charge on any atom is -0.317 e. The van der Waals surface area contributed by atoms with E-state index in [1.165, 1.54) is 36.4 Å². The second-order valence-electron chi connectivity index (χ2n) is 4.28. The van der Waals surface area contributed by atoms with E-state index in [1.54, 1.807) is 18.2 Å². The third kappa shape index (κ3) is 2.07. The number of rotatable bonds is 2. The van der Waals surface area contributed by atoms with Gasteiger partial charge in [0.2, 0.25) is 0 Å². The summed E-state index contributed by atoms with van der Waals surface area (Å²) >= 11 is 0. The fraction of sp³-hybridized carbons (Fsp3) is 0. The first-order chi connectivity index (χ1) is 10.0. The Bertz CT molecular complexity index is 829. The van der Waals surface area contributed by atoms with Gasteiger partial charge in [0.15, 0.2) is 0 Å². The van der Waals surface area contributed by atoms with Gasteiger partial charge in [-0.15, -0.1) is 0 Å². The number of carbonyl (C=O) groups excluding carboxylic acids is 2. The molecule has 2 aromatic carbocycles. The Hall–Kier alpha value is -2.67. The van der Waals surface area contributed by atoms with Crippen LogP contribution >= 0.6 is 0 Å². The monoisotopic (exact) mass is 303 g/mol. The van der Waals surface area contributed by atoms with Crippen molar-refractivity contribution in [3.8, 4) is 0 Å². The predicted octanol–water partition coefficient (Wildman–Crippen LogP) is 1.60. The van der Waals surface area contributed by atoms with Crippen molar-refractivity contribution in [3.05, 3.63) is 65.7 Å². The van der Waals surface area contributed by atoms with Crippen molar-refractivity contribution in [2.24, 2.45) is 0 Å². The molecule has 106 valence electrons. The molecule has 1 aliphatic rings. The van der Waals surface area contributed by atoms with Gasteiger partial charge in [0, 0.05) is 0 Å². The Morgan fingerprint density at radius 2 is 1.57 bits per heavy atom. The van der Waals surface area contributed by atoms with Crippen LogP contribution in [0.1, 0.15) is 20.7 Å². The molecule has 0 spiro atoms. The number of hydrogen-bond donors (Lipinski definition) is 0. The minimum absolute atomic E-state index is 0.0154. The molecule has 21 heavy (non-hydrogen) atoms. The van der Waals surface area contributed by atoms with E-state index in [4.69, 9.17) is 4.84 Å². The van der Waals surface area contributed by atoms with Crippen LogP contribution in [-0.4, -0.2) is 24.8 Å². The summed E-state index contributed by atoms with van der Waals surface area (Å²) in [7, 11) is -4.16. The van der Waals surface area contributed by atoms with Crippen LogP contribution in [0.15, 0.2) is 59.5 Å². The fourth-order valence-electron chi connectivity index (χ4n) is 1.96. The Morgan fingerprint density at radius 3 is 2.24 bits per heavy atom. The molecule has 0 atom stereocenters. The van der Waals surface area contributed by atoms with E-state index in [0.29, 0.717) is 0 Å². The van der Waals surface area contributed by atoms with Gasteiger partial charge in [0.05, 0.1) is 11.1 Å². The molecular formula is C14H9NO5S. The van der Waals surface area contributed by atoms with Crippen LogP contribution in [-0.2, 0) is 14.9 Å². The first kappa shape index (κ1) is 13.3. The molecule has 1 aliphatic heterocycles. The van der Waals surface area contributed by atoms with Gasteiger partial charge in [-0.05, 0) is 28.7 Å². The third-order valence-electron chi connectivity index (χ3n) is 2.95. The second kappa shape index (κ2) is 4.71. The zero-order chi connectivity index (χ0) is 15.0. The predicted molar refractivity (Wildman–Crippen MR) is 71.7 cm³/mol. The number of hydrogen-bond acceptors (Lipinski definition) is 5. The molecule has 0 N–H and O–H groups in total. The summed E-state index contributed by atoms with van der Waals surface area (Å²) in [5.74, 6) is -1.80. The number of fused-ring (bicyclic) bond motifs is 1. The van der Waals surface area contributed by atoms with Crippen LogP contribution in [0.25, 0.3) is 0 Å². The van der Waals surface area contributed by atoms with Gasteiger partial charge < -0.3 is 4.84 Å². The van der Waals surface area contributed by atoms with Gasteiger partial charge >= 0.3 is 11.9 Å². The molecule has 3 rings (SSSR count). The molecule has 0 saturated heterocycles. The minimum atomic E-state index is -4.16. The van der Waals surface area contributed by atoms with E-state index in [-0.39, 0.29) is 20.5 Å². The van der Waals surface area contributed by atoms with Crippen molar-refractivity contribution in [1.29, 1.82) is 0 Å². The van der Waals surface area contributed by atoms with Crippen molar-refractivity contribution in [2.45, 2.75) is 4.90 Å². The number of benzene rings is 2. The molecule has 1 amide bonds. The lowest BCUT2D eigenvalue weighted by Crippen LogP contribution is -2.32. The number of nitrogens with zero attached hydrogens (tertiary/aromatic N) is 1. The molecular weight excluding hydrogens is 294 g/mol. The van der Waals surface area contributed by atoms with Crippen molar-refractivity contribution < 1.29 is 22.8 Å². The normalized spacial score (nSPS) is 15.6. The van der Waals surface area contributed by atoms with Gasteiger partial charge in [-0.3, -0.25) is 4.79 Å². The smallest absolute Gasteiger partial charge is 0.317 e. The van der Waals surface area contributed by atoms with E-state index in [1.807, 2.05) is 0 Å². The summed E-state index contributed by atoms with van der Waals surface area (Å²) in [6.07, 6.45) is 0. The van der Waals surface area contributed by atoms with E-state index in [0.717, 1.165) is 0 Å². The van der Waals surface area contributed by atoms with E-state index in [2.05, 4.69) is 0 Å². The zero-order valence-electron chi connectivity index (χ0n) is 10.6. The highest BCUT2D eigenvalue weighted by molar-refractivity contribution is 7.90. The van der Waals surface area contributed by atoms with Crippen molar-refractivity contribution in [2.75, 3.05) is 0 Å². The molecule has 0 aliphatic carbocycles. The lowest BCUT2D eigenvalue weighted by Gasteiger charge is -2.13. The average Bonchev–Trinajstić information content (AvgIpc) is 2.70. The maximum Gasteiger partial charge on any atom is 0.364 e. The molecule has 6 nitrogen and oxygen atoms in total. The van der Waals surface area contributed by atoms with Gasteiger partial charge in [0.25, 0.3) is 10.0 Å². The van der Waals surface area contributed by atoms with Crippen LogP contribution in [0, 0.1) is 0 Å². The highest BCUT2D eigenvalue weighted by Crippen LogP contribution is 2.30. The van der Waals surface area contributed by atoms with Gasteiger partial charge in [0.1, 0.15) is 4.90 Å². The Labute approximate surface area is 120 Å². The van der Waals surface area contributed by atoms with Gasteiger partial charge in [-0.1, -0.05) is 30.3 Å². The quantitative estimate of drug-likeness (QED) is 0.842. The Morgan fingerprint density at radius 1 is 0.952 bits per heavy atom. The molecule has 0 unspecified atom stereocenters. The average molecular weight is 303 g/mol. The van der Waals surface area contributed by atoms with E-state index >= 15 is 0 Å². The Kier molecular flexibility index (Phi) is 2.99. The summed E-state index contributed by atoms with van der Waals surface area (Å²) in [6, 6.07) is 13.5. The summed E-state index contributed by atoms with van der Waals surface area (Å²) in [5.41, 5.74) is 0.134. The molecule has 0 bridgehead atoms. The lowest BCUT2D eigenvalue weighted by molar-refractivity contribution is -0.0291. The summed E-state index contributed by atoms with van der Waals surface area (Å²) in [5, 5.41) is 0. The Balaban J connectivity index is 1.95. The number of carbonyl (C=O) groups is 2. The van der Waals surface area contributed by atoms with Crippen LogP contribution in [0.2, 0.25) is 0 Å². The molecule has 0 radical (unpaired) electrons. The largest absolute Gasteiger partial charge is 0.364 e. The van der Waals surface area contributed by atoms with Gasteiger partial charge in [-0.2, -0.15) is 8.42 Å². The van der Waals surface area contributed by atoms with E-state index in [9.17, 15) is 18.0 Å². The lowest BCUT2D eigenvalue weighted by atomic mass is 10.2. The van der Waals surface area contributed by atoms with E-state index < -0.39 is 21.9 Å². The SMILES string of the molecule is O=C(ON1C(=O)c2ccccc2S1(=O)=O)c1ccccc1. The zero-order valence-corrected chi connectivity index (χ0v) is 11.4. The van der Waals surface area contributed by atoms with Gasteiger partial charge in [-0.25, -0.2) is 4.79 Å². The van der Waals surface area contributed by atoms with Crippen LogP contribution < -0.4 is 0 Å². The van der Waals surface area contributed by atoms with Crippen LogP contribution in [0.3, 0.4) is 0 Å². The van der Waals surface area contributed by atoms with Crippen LogP contribution in [0.4, 0.5) is 0 Å². The number of amides is 1. The topological polar surface area (TPSA) is 80.8 Å². The maximum atomic E-state index is 12.2. The first-order valence-corrected chi connectivity index (χ1v) is 7.42.